The number of carbonyl (C=O) groups excluding carboxylic acids is 1. The van der Waals surface area contributed by atoms with Crippen molar-refractivity contribution in [2.45, 2.75) is 20.4 Å². The van der Waals surface area contributed by atoms with Crippen LogP contribution in [-0.4, -0.2) is 15.9 Å². The average molecular weight is 296 g/mol. The number of nitrogens with one attached hydrogen (secondary N) is 2. The van der Waals surface area contributed by atoms with E-state index in [4.69, 9.17) is 21.9 Å². The third-order valence-corrected chi connectivity index (χ3v) is 3.00. The summed E-state index contributed by atoms with van der Waals surface area (Å²) in [6.07, 6.45) is 1.38. The Balaban J connectivity index is 2.03. The van der Waals surface area contributed by atoms with E-state index in [1.54, 1.807) is 0 Å². The molecular formula is C12H14ClN5O2. The first-order valence-electron chi connectivity index (χ1n) is 5.84. The number of amides is 1. The first-order chi connectivity index (χ1) is 9.51. The zero-order valence-corrected chi connectivity index (χ0v) is 11.8. The highest BCUT2D eigenvalue weighted by atomic mass is 35.5. The molecule has 0 fully saturated rings. The lowest BCUT2D eigenvalue weighted by Gasteiger charge is -2.05. The van der Waals surface area contributed by atoms with Crippen LogP contribution in [-0.2, 0) is 6.54 Å². The standard InChI is InChI=1S/C12H14ClN5O2/c1-6-7(2)20-10(17-6)5-16-12(19)8-3-9(13)11(18-14)15-4-8/h3-4H,5,14H2,1-2H3,(H,15,18)(H,16,19). The summed E-state index contributed by atoms with van der Waals surface area (Å²) in [4.78, 5) is 20.0. The number of hydrogen-bond acceptors (Lipinski definition) is 6. The number of carbonyl (C=O) groups is 1. The van der Waals surface area contributed by atoms with E-state index in [1.807, 2.05) is 13.8 Å². The molecule has 0 bridgehead atoms. The highest BCUT2D eigenvalue weighted by Gasteiger charge is 2.11. The first kappa shape index (κ1) is 14.3. The van der Waals surface area contributed by atoms with Gasteiger partial charge in [0.05, 0.1) is 22.8 Å². The summed E-state index contributed by atoms with van der Waals surface area (Å²) in [5, 5.41) is 2.94. The topological polar surface area (TPSA) is 106 Å². The summed E-state index contributed by atoms with van der Waals surface area (Å²) < 4.78 is 5.37. The molecule has 2 heterocycles. The van der Waals surface area contributed by atoms with Crippen LogP contribution in [0.1, 0.15) is 27.7 Å². The molecule has 2 aromatic heterocycles. The summed E-state index contributed by atoms with van der Waals surface area (Å²) in [6.45, 7) is 3.85. The number of hydrazine groups is 1. The Bertz CT molecular complexity index is 621. The molecular weight excluding hydrogens is 282 g/mol. The molecule has 20 heavy (non-hydrogen) atoms. The number of nitrogens with two attached hydrogens (primary N) is 1. The van der Waals surface area contributed by atoms with Gasteiger partial charge in [0.15, 0.2) is 5.82 Å². The van der Waals surface area contributed by atoms with Crippen molar-refractivity contribution in [3.63, 3.8) is 0 Å². The summed E-state index contributed by atoms with van der Waals surface area (Å²) in [5.74, 6) is 6.38. The van der Waals surface area contributed by atoms with Gasteiger partial charge in [0.25, 0.3) is 5.91 Å². The second-order valence-electron chi connectivity index (χ2n) is 4.13. The van der Waals surface area contributed by atoms with Crippen molar-refractivity contribution in [1.82, 2.24) is 15.3 Å². The molecule has 0 atom stereocenters. The van der Waals surface area contributed by atoms with Crippen LogP contribution in [0.5, 0.6) is 0 Å². The van der Waals surface area contributed by atoms with Gasteiger partial charge in [-0.25, -0.2) is 15.8 Å². The zero-order valence-electron chi connectivity index (χ0n) is 11.0. The quantitative estimate of drug-likeness (QED) is 0.584. The molecule has 8 heteroatoms. The van der Waals surface area contributed by atoms with E-state index < -0.39 is 0 Å². The Labute approximate surface area is 120 Å². The number of oxazole rings is 1. The maximum absolute atomic E-state index is 11.9. The van der Waals surface area contributed by atoms with Gasteiger partial charge in [0.2, 0.25) is 5.89 Å². The van der Waals surface area contributed by atoms with Gasteiger partial charge in [0, 0.05) is 6.20 Å². The third kappa shape index (κ3) is 3.06. The van der Waals surface area contributed by atoms with Crippen molar-refractivity contribution < 1.29 is 9.21 Å². The van der Waals surface area contributed by atoms with Gasteiger partial charge in [-0.2, -0.15) is 0 Å². The van der Waals surface area contributed by atoms with E-state index in [-0.39, 0.29) is 17.5 Å². The van der Waals surface area contributed by atoms with Crippen LogP contribution < -0.4 is 16.6 Å². The highest BCUT2D eigenvalue weighted by Crippen LogP contribution is 2.18. The van der Waals surface area contributed by atoms with Gasteiger partial charge in [-0.1, -0.05) is 11.6 Å². The van der Waals surface area contributed by atoms with Crippen molar-refractivity contribution in [2.24, 2.45) is 5.84 Å². The van der Waals surface area contributed by atoms with E-state index in [0.29, 0.717) is 17.3 Å². The molecule has 1 amide bonds. The largest absolute Gasteiger partial charge is 0.444 e. The number of hydrogen-bond donors (Lipinski definition) is 3. The minimum absolute atomic E-state index is 0.196. The number of nitrogens with zero attached hydrogens (tertiary/aromatic N) is 2. The fourth-order valence-electron chi connectivity index (χ4n) is 1.54. The molecule has 2 rings (SSSR count). The predicted molar refractivity (Wildman–Crippen MR) is 74.2 cm³/mol. The molecule has 0 aliphatic carbocycles. The number of nitrogen functional groups attached to an aromatic ring is 1. The monoisotopic (exact) mass is 295 g/mol. The van der Waals surface area contributed by atoms with Crippen molar-refractivity contribution in [3.05, 3.63) is 40.2 Å². The molecule has 0 aliphatic heterocycles. The highest BCUT2D eigenvalue weighted by molar-refractivity contribution is 6.33. The van der Waals surface area contributed by atoms with Crippen molar-refractivity contribution in [1.29, 1.82) is 0 Å². The SMILES string of the molecule is Cc1nc(CNC(=O)c2cnc(NN)c(Cl)c2)oc1C. The Morgan fingerprint density at radius 3 is 2.80 bits per heavy atom. The van der Waals surface area contributed by atoms with Gasteiger partial charge < -0.3 is 15.2 Å². The van der Waals surface area contributed by atoms with Crippen LogP contribution in [0.25, 0.3) is 0 Å². The van der Waals surface area contributed by atoms with Crippen LogP contribution in [0.4, 0.5) is 5.82 Å². The second-order valence-corrected chi connectivity index (χ2v) is 4.54. The predicted octanol–water partition coefficient (Wildman–Crippen LogP) is 1.56. The number of anilines is 1. The summed E-state index contributed by atoms with van der Waals surface area (Å²) >= 11 is 5.90. The van der Waals surface area contributed by atoms with Crippen molar-refractivity contribution >= 4 is 23.3 Å². The minimum atomic E-state index is -0.323. The Kier molecular flexibility index (Phi) is 4.21. The van der Waals surface area contributed by atoms with E-state index in [9.17, 15) is 4.79 Å². The smallest absolute Gasteiger partial charge is 0.253 e. The Morgan fingerprint density at radius 2 is 2.25 bits per heavy atom. The van der Waals surface area contributed by atoms with Gasteiger partial charge in [-0.05, 0) is 19.9 Å². The second kappa shape index (κ2) is 5.89. The summed E-state index contributed by atoms with van der Waals surface area (Å²) in [6, 6.07) is 1.48. The molecule has 4 N–H and O–H groups in total. The third-order valence-electron chi connectivity index (χ3n) is 2.71. The maximum atomic E-state index is 11.9. The maximum Gasteiger partial charge on any atom is 0.253 e. The number of aryl methyl sites for hydroxylation is 2. The number of halogens is 1. The van der Waals surface area contributed by atoms with Crippen LogP contribution >= 0.6 is 11.6 Å². The lowest BCUT2D eigenvalue weighted by molar-refractivity contribution is 0.0947. The minimum Gasteiger partial charge on any atom is -0.444 e. The number of rotatable bonds is 4. The number of aromatic nitrogens is 2. The summed E-state index contributed by atoms with van der Waals surface area (Å²) in [5.41, 5.74) is 3.46. The molecule has 0 unspecified atom stereocenters. The van der Waals surface area contributed by atoms with E-state index >= 15 is 0 Å². The van der Waals surface area contributed by atoms with Gasteiger partial charge >= 0.3 is 0 Å². The van der Waals surface area contributed by atoms with Crippen LogP contribution in [0.2, 0.25) is 5.02 Å². The Morgan fingerprint density at radius 1 is 1.50 bits per heavy atom. The Hall–Kier alpha value is -2.12. The fourth-order valence-corrected chi connectivity index (χ4v) is 1.76. The molecule has 0 saturated heterocycles. The van der Waals surface area contributed by atoms with Gasteiger partial charge in [-0.3, -0.25) is 4.79 Å². The van der Waals surface area contributed by atoms with E-state index in [2.05, 4.69) is 20.7 Å². The molecule has 0 saturated carbocycles. The average Bonchev–Trinajstić information content (AvgIpc) is 2.75. The zero-order chi connectivity index (χ0) is 14.7. The van der Waals surface area contributed by atoms with Crippen LogP contribution in [0.3, 0.4) is 0 Å². The normalized spacial score (nSPS) is 10.4. The number of pyridine rings is 1. The lowest BCUT2D eigenvalue weighted by Crippen LogP contribution is -2.23. The molecule has 2 aromatic rings. The van der Waals surface area contributed by atoms with E-state index in [0.717, 1.165) is 11.5 Å². The lowest BCUT2D eigenvalue weighted by atomic mass is 10.2. The molecule has 106 valence electrons. The van der Waals surface area contributed by atoms with Crippen molar-refractivity contribution in [3.8, 4) is 0 Å². The van der Waals surface area contributed by atoms with Crippen LogP contribution in [0, 0.1) is 13.8 Å². The fraction of sp³-hybridized carbons (Fsp3) is 0.250. The van der Waals surface area contributed by atoms with Crippen molar-refractivity contribution in [2.75, 3.05) is 5.43 Å². The van der Waals surface area contributed by atoms with Gasteiger partial charge in [-0.15, -0.1) is 0 Å². The molecule has 0 spiro atoms. The first-order valence-corrected chi connectivity index (χ1v) is 6.22. The van der Waals surface area contributed by atoms with E-state index in [1.165, 1.54) is 12.3 Å². The van der Waals surface area contributed by atoms with Crippen LogP contribution in [0.15, 0.2) is 16.7 Å². The molecule has 7 nitrogen and oxygen atoms in total. The molecule has 0 aromatic carbocycles. The van der Waals surface area contributed by atoms with Gasteiger partial charge in [0.1, 0.15) is 5.76 Å². The molecule has 0 radical (unpaired) electrons. The summed E-state index contributed by atoms with van der Waals surface area (Å²) in [7, 11) is 0. The molecule has 0 aliphatic rings.